The van der Waals surface area contributed by atoms with Crippen molar-refractivity contribution >= 4 is 12.0 Å². The number of rotatable bonds is 4. The number of aliphatic carboxylic acids is 1. The molecule has 0 radical (unpaired) electrons. The minimum absolute atomic E-state index is 0.259. The van der Waals surface area contributed by atoms with Gasteiger partial charge in [-0.2, -0.15) is 5.10 Å². The molecule has 0 bridgehead atoms. The van der Waals surface area contributed by atoms with E-state index in [0.717, 1.165) is 12.5 Å². The van der Waals surface area contributed by atoms with Gasteiger partial charge in [0.25, 0.3) is 5.56 Å². The van der Waals surface area contributed by atoms with Gasteiger partial charge in [0.1, 0.15) is 0 Å². The van der Waals surface area contributed by atoms with Crippen molar-refractivity contribution in [2.24, 2.45) is 0 Å². The van der Waals surface area contributed by atoms with Gasteiger partial charge in [0, 0.05) is 18.2 Å². The number of carboxylic acids is 1. The van der Waals surface area contributed by atoms with E-state index in [4.69, 9.17) is 5.11 Å². The monoisotopic (exact) mass is 222 g/mol. The highest BCUT2D eigenvalue weighted by molar-refractivity contribution is 5.85. The summed E-state index contributed by atoms with van der Waals surface area (Å²) >= 11 is 0. The molecule has 16 heavy (non-hydrogen) atoms. The zero-order valence-electron chi connectivity index (χ0n) is 9.30. The minimum atomic E-state index is -1.07. The van der Waals surface area contributed by atoms with Crippen molar-refractivity contribution in [2.45, 2.75) is 26.8 Å². The van der Waals surface area contributed by atoms with Crippen LogP contribution < -0.4 is 5.56 Å². The quantitative estimate of drug-likeness (QED) is 0.773. The number of aryl methyl sites for hydroxylation is 2. The zero-order valence-corrected chi connectivity index (χ0v) is 9.30. The first-order chi connectivity index (χ1) is 7.54. The van der Waals surface area contributed by atoms with Crippen molar-refractivity contribution in [3.05, 3.63) is 33.8 Å². The van der Waals surface area contributed by atoms with Crippen LogP contribution in [0.3, 0.4) is 0 Å². The van der Waals surface area contributed by atoms with Crippen LogP contribution in [0, 0.1) is 6.92 Å². The Hall–Kier alpha value is -1.91. The molecule has 1 heterocycles. The summed E-state index contributed by atoms with van der Waals surface area (Å²) in [4.78, 5) is 22.1. The van der Waals surface area contributed by atoms with Gasteiger partial charge in [-0.05, 0) is 25.5 Å². The number of aromatic nitrogens is 2. The SMILES string of the molecule is CCCn1nc(C)cc(/C=C/C(=O)O)c1=O. The van der Waals surface area contributed by atoms with Crippen LogP contribution in [0.2, 0.25) is 0 Å². The maximum absolute atomic E-state index is 11.8. The minimum Gasteiger partial charge on any atom is -0.478 e. The van der Waals surface area contributed by atoms with Gasteiger partial charge in [-0.3, -0.25) is 4.79 Å². The van der Waals surface area contributed by atoms with E-state index < -0.39 is 5.97 Å². The molecule has 1 aromatic rings. The first-order valence-electron chi connectivity index (χ1n) is 5.04. The van der Waals surface area contributed by atoms with Crippen LogP contribution in [-0.4, -0.2) is 20.9 Å². The molecule has 0 aliphatic carbocycles. The fraction of sp³-hybridized carbons (Fsp3) is 0.364. The average molecular weight is 222 g/mol. The summed E-state index contributed by atoms with van der Waals surface area (Å²) < 4.78 is 1.36. The van der Waals surface area contributed by atoms with Gasteiger partial charge in [-0.1, -0.05) is 6.92 Å². The second-order valence-corrected chi connectivity index (χ2v) is 3.44. The van der Waals surface area contributed by atoms with Crippen LogP contribution in [-0.2, 0) is 11.3 Å². The lowest BCUT2D eigenvalue weighted by Crippen LogP contribution is -2.25. The zero-order chi connectivity index (χ0) is 12.1. The maximum Gasteiger partial charge on any atom is 0.328 e. The summed E-state index contributed by atoms with van der Waals surface area (Å²) in [5, 5.41) is 12.6. The normalized spacial score (nSPS) is 10.9. The van der Waals surface area contributed by atoms with Crippen LogP contribution >= 0.6 is 0 Å². The molecule has 0 saturated carbocycles. The van der Waals surface area contributed by atoms with Gasteiger partial charge in [0.2, 0.25) is 0 Å². The van der Waals surface area contributed by atoms with Gasteiger partial charge >= 0.3 is 5.97 Å². The molecule has 0 amide bonds. The van der Waals surface area contributed by atoms with E-state index in [9.17, 15) is 9.59 Å². The molecule has 0 aliphatic rings. The van der Waals surface area contributed by atoms with Gasteiger partial charge in [-0.25, -0.2) is 9.48 Å². The highest BCUT2D eigenvalue weighted by atomic mass is 16.4. The van der Waals surface area contributed by atoms with E-state index in [2.05, 4.69) is 5.10 Å². The van der Waals surface area contributed by atoms with Crippen molar-refractivity contribution < 1.29 is 9.90 Å². The predicted octanol–water partition coefficient (Wildman–Crippen LogP) is 1.06. The summed E-state index contributed by atoms with van der Waals surface area (Å²) in [6, 6.07) is 1.58. The van der Waals surface area contributed by atoms with E-state index >= 15 is 0 Å². The van der Waals surface area contributed by atoms with E-state index in [0.29, 0.717) is 17.8 Å². The Balaban J connectivity index is 3.19. The number of nitrogens with zero attached hydrogens (tertiary/aromatic N) is 2. The molecule has 5 nitrogen and oxygen atoms in total. The van der Waals surface area contributed by atoms with Crippen molar-refractivity contribution in [2.75, 3.05) is 0 Å². The highest BCUT2D eigenvalue weighted by Crippen LogP contribution is 1.98. The first kappa shape index (κ1) is 12.2. The lowest BCUT2D eigenvalue weighted by molar-refractivity contribution is -0.131. The summed E-state index contributed by atoms with van der Waals surface area (Å²) in [6.45, 7) is 4.25. The third-order valence-electron chi connectivity index (χ3n) is 1.97. The molecule has 1 N–H and O–H groups in total. The number of carboxylic acid groups (broad SMARTS) is 1. The molecular formula is C11H14N2O3. The third kappa shape index (κ3) is 3.05. The van der Waals surface area contributed by atoms with Crippen molar-refractivity contribution in [3.8, 4) is 0 Å². The smallest absolute Gasteiger partial charge is 0.328 e. The highest BCUT2D eigenvalue weighted by Gasteiger charge is 2.03. The molecule has 0 fully saturated rings. The summed E-state index contributed by atoms with van der Waals surface area (Å²) in [5.74, 6) is -1.07. The molecule has 1 aromatic heterocycles. The molecule has 0 aromatic carbocycles. The second kappa shape index (κ2) is 5.25. The van der Waals surface area contributed by atoms with E-state index in [1.807, 2.05) is 6.92 Å². The van der Waals surface area contributed by atoms with E-state index in [1.165, 1.54) is 10.8 Å². The Labute approximate surface area is 93.0 Å². The van der Waals surface area contributed by atoms with E-state index in [-0.39, 0.29) is 5.56 Å². The van der Waals surface area contributed by atoms with Crippen LogP contribution in [0.4, 0.5) is 0 Å². The Morgan fingerprint density at radius 1 is 1.62 bits per heavy atom. The van der Waals surface area contributed by atoms with Crippen molar-refractivity contribution in [1.82, 2.24) is 9.78 Å². The largest absolute Gasteiger partial charge is 0.478 e. The topological polar surface area (TPSA) is 72.2 Å². The number of hydrogen-bond acceptors (Lipinski definition) is 3. The lowest BCUT2D eigenvalue weighted by atomic mass is 10.2. The fourth-order valence-corrected chi connectivity index (χ4v) is 1.34. The van der Waals surface area contributed by atoms with E-state index in [1.54, 1.807) is 13.0 Å². The van der Waals surface area contributed by atoms with Crippen LogP contribution in [0.5, 0.6) is 0 Å². The Morgan fingerprint density at radius 2 is 2.31 bits per heavy atom. The Morgan fingerprint density at radius 3 is 2.88 bits per heavy atom. The van der Waals surface area contributed by atoms with Crippen LogP contribution in [0.15, 0.2) is 16.9 Å². The predicted molar refractivity (Wildman–Crippen MR) is 60.2 cm³/mol. The summed E-state index contributed by atoms with van der Waals surface area (Å²) in [5.41, 5.74) is 0.784. The molecule has 5 heteroatoms. The molecule has 1 rings (SSSR count). The van der Waals surface area contributed by atoms with Gasteiger partial charge in [-0.15, -0.1) is 0 Å². The molecule has 0 spiro atoms. The standard InChI is InChI=1S/C11H14N2O3/c1-3-6-13-11(16)9(4-5-10(14)15)7-8(2)12-13/h4-5,7H,3,6H2,1-2H3,(H,14,15)/b5-4+. The number of carbonyl (C=O) groups is 1. The summed E-state index contributed by atoms with van der Waals surface area (Å²) in [6.07, 6.45) is 3.05. The molecular weight excluding hydrogens is 208 g/mol. The molecule has 0 aliphatic heterocycles. The maximum atomic E-state index is 11.8. The van der Waals surface area contributed by atoms with Crippen molar-refractivity contribution in [1.29, 1.82) is 0 Å². The Kier molecular flexibility index (Phi) is 3.99. The lowest BCUT2D eigenvalue weighted by Gasteiger charge is -2.04. The molecule has 0 atom stereocenters. The fourth-order valence-electron chi connectivity index (χ4n) is 1.34. The molecule has 86 valence electrons. The molecule has 0 saturated heterocycles. The first-order valence-corrected chi connectivity index (χ1v) is 5.04. The third-order valence-corrected chi connectivity index (χ3v) is 1.97. The number of hydrogen-bond donors (Lipinski definition) is 1. The van der Waals surface area contributed by atoms with Crippen LogP contribution in [0.1, 0.15) is 24.6 Å². The Bertz CT molecular complexity index is 475. The van der Waals surface area contributed by atoms with Crippen LogP contribution in [0.25, 0.3) is 6.08 Å². The van der Waals surface area contributed by atoms with Gasteiger partial charge in [0.15, 0.2) is 0 Å². The van der Waals surface area contributed by atoms with Gasteiger partial charge < -0.3 is 5.11 Å². The van der Waals surface area contributed by atoms with Gasteiger partial charge in [0.05, 0.1) is 5.69 Å². The van der Waals surface area contributed by atoms with Crippen molar-refractivity contribution in [3.63, 3.8) is 0 Å². The average Bonchev–Trinajstić information content (AvgIpc) is 2.21. The second-order valence-electron chi connectivity index (χ2n) is 3.44. The summed E-state index contributed by atoms with van der Waals surface area (Å²) in [7, 11) is 0. The molecule has 0 unspecified atom stereocenters.